The molecule has 144 valence electrons. The number of nitrogens with one attached hydrogen (secondary N) is 2. The van der Waals surface area contributed by atoms with Crippen molar-refractivity contribution in [3.05, 3.63) is 54.1 Å². The molecule has 2 rings (SSSR count). The van der Waals surface area contributed by atoms with E-state index in [1.165, 1.54) is 0 Å². The van der Waals surface area contributed by atoms with Gasteiger partial charge in [-0.15, -0.1) is 0 Å². The predicted octanol–water partition coefficient (Wildman–Crippen LogP) is 4.47. The molecule has 0 saturated carbocycles. The fourth-order valence-corrected chi connectivity index (χ4v) is 2.36. The highest BCUT2D eigenvalue weighted by atomic mass is 16.5. The van der Waals surface area contributed by atoms with E-state index in [-0.39, 0.29) is 12.5 Å². The van der Waals surface area contributed by atoms with Crippen LogP contribution in [-0.2, 0) is 16.0 Å². The Hall–Kier alpha value is -3.02. The molecule has 0 bridgehead atoms. The van der Waals surface area contributed by atoms with Gasteiger partial charge in [0, 0.05) is 28.8 Å². The van der Waals surface area contributed by atoms with Gasteiger partial charge in [0.1, 0.15) is 5.75 Å². The van der Waals surface area contributed by atoms with E-state index < -0.39 is 11.5 Å². The molecular formula is C21H26N2O4. The Morgan fingerprint density at radius 2 is 1.67 bits per heavy atom. The summed E-state index contributed by atoms with van der Waals surface area (Å²) in [5, 5.41) is 5.59. The topological polar surface area (TPSA) is 76.7 Å². The Balaban J connectivity index is 2.02. The zero-order valence-corrected chi connectivity index (χ0v) is 16.2. The van der Waals surface area contributed by atoms with Gasteiger partial charge in [0.2, 0.25) is 5.91 Å². The fourth-order valence-electron chi connectivity index (χ4n) is 2.36. The van der Waals surface area contributed by atoms with Crippen molar-refractivity contribution in [2.45, 2.75) is 27.2 Å². The van der Waals surface area contributed by atoms with Crippen molar-refractivity contribution < 1.29 is 19.1 Å². The highest BCUT2D eigenvalue weighted by molar-refractivity contribution is 5.95. The van der Waals surface area contributed by atoms with E-state index in [4.69, 9.17) is 9.47 Å². The standard InChI is InChI=1S/C21H26N2O4/c1-21(2,3)19(24)23-17-11-8-12-18(26-4)16(17)13-14-27-20(25)22-15-9-6-5-7-10-15/h5-12H,13-14H2,1-4H3,(H,22,25)(H,23,24). The lowest BCUT2D eigenvalue weighted by Crippen LogP contribution is -2.28. The first-order chi connectivity index (χ1) is 12.8. The quantitative estimate of drug-likeness (QED) is 0.786. The summed E-state index contributed by atoms with van der Waals surface area (Å²) in [5.41, 5.74) is 1.58. The number of rotatable bonds is 6. The van der Waals surface area contributed by atoms with Crippen molar-refractivity contribution in [1.29, 1.82) is 0 Å². The normalized spacial score (nSPS) is 10.8. The molecule has 2 amide bonds. The second kappa shape index (κ2) is 9.07. The zero-order valence-electron chi connectivity index (χ0n) is 16.2. The van der Waals surface area contributed by atoms with Gasteiger partial charge in [-0.3, -0.25) is 10.1 Å². The minimum atomic E-state index is -0.531. The molecule has 0 aliphatic carbocycles. The summed E-state index contributed by atoms with van der Waals surface area (Å²) in [5.74, 6) is 0.536. The number of benzene rings is 2. The maximum absolute atomic E-state index is 12.3. The Morgan fingerprint density at radius 1 is 0.963 bits per heavy atom. The van der Waals surface area contributed by atoms with Crippen LogP contribution in [0.4, 0.5) is 16.2 Å². The SMILES string of the molecule is COc1cccc(NC(=O)C(C)(C)C)c1CCOC(=O)Nc1ccccc1. The largest absolute Gasteiger partial charge is 0.496 e. The van der Waals surface area contributed by atoms with Gasteiger partial charge in [0.25, 0.3) is 0 Å². The van der Waals surface area contributed by atoms with Crippen molar-refractivity contribution in [3.8, 4) is 5.75 Å². The molecule has 2 N–H and O–H groups in total. The Bertz CT molecular complexity index is 783. The lowest BCUT2D eigenvalue weighted by atomic mass is 9.95. The minimum Gasteiger partial charge on any atom is -0.496 e. The maximum atomic E-state index is 12.3. The van der Waals surface area contributed by atoms with Gasteiger partial charge in [0.15, 0.2) is 0 Å². The second-order valence-corrected chi connectivity index (χ2v) is 7.07. The van der Waals surface area contributed by atoms with E-state index >= 15 is 0 Å². The second-order valence-electron chi connectivity index (χ2n) is 7.07. The summed E-state index contributed by atoms with van der Waals surface area (Å²) in [6.45, 7) is 5.69. The number of amides is 2. The molecule has 0 heterocycles. The first-order valence-electron chi connectivity index (χ1n) is 8.77. The fraction of sp³-hybridized carbons (Fsp3) is 0.333. The van der Waals surface area contributed by atoms with Crippen LogP contribution in [0.3, 0.4) is 0 Å². The third-order valence-electron chi connectivity index (χ3n) is 3.89. The summed E-state index contributed by atoms with van der Waals surface area (Å²) in [4.78, 5) is 24.2. The van der Waals surface area contributed by atoms with Crippen molar-refractivity contribution in [2.24, 2.45) is 5.41 Å². The number of hydrogen-bond acceptors (Lipinski definition) is 4. The summed E-state index contributed by atoms with van der Waals surface area (Å²) in [6.07, 6.45) is -0.122. The molecular weight excluding hydrogens is 344 g/mol. The molecule has 0 aliphatic heterocycles. The molecule has 0 fully saturated rings. The Labute approximate surface area is 159 Å². The van der Waals surface area contributed by atoms with Gasteiger partial charge in [-0.2, -0.15) is 0 Å². The van der Waals surface area contributed by atoms with Gasteiger partial charge in [0.05, 0.1) is 13.7 Å². The van der Waals surface area contributed by atoms with Crippen LogP contribution in [0.15, 0.2) is 48.5 Å². The van der Waals surface area contributed by atoms with E-state index in [1.54, 1.807) is 19.2 Å². The maximum Gasteiger partial charge on any atom is 0.411 e. The van der Waals surface area contributed by atoms with Crippen LogP contribution in [0.25, 0.3) is 0 Å². The van der Waals surface area contributed by atoms with E-state index in [1.807, 2.05) is 57.2 Å². The number of hydrogen-bond donors (Lipinski definition) is 2. The van der Waals surface area contributed by atoms with E-state index in [9.17, 15) is 9.59 Å². The summed E-state index contributed by atoms with van der Waals surface area (Å²) >= 11 is 0. The summed E-state index contributed by atoms with van der Waals surface area (Å²) in [7, 11) is 1.57. The van der Waals surface area contributed by atoms with Gasteiger partial charge in [-0.25, -0.2) is 4.79 Å². The van der Waals surface area contributed by atoms with Gasteiger partial charge < -0.3 is 14.8 Å². The first-order valence-corrected chi connectivity index (χ1v) is 8.77. The highest BCUT2D eigenvalue weighted by Crippen LogP contribution is 2.28. The lowest BCUT2D eigenvalue weighted by molar-refractivity contribution is -0.123. The predicted molar refractivity (Wildman–Crippen MR) is 106 cm³/mol. The van der Waals surface area contributed by atoms with Crippen LogP contribution in [0.5, 0.6) is 5.75 Å². The van der Waals surface area contributed by atoms with Crippen LogP contribution in [0.1, 0.15) is 26.3 Å². The summed E-state index contributed by atoms with van der Waals surface area (Å²) in [6, 6.07) is 14.5. The minimum absolute atomic E-state index is 0.0975. The number of para-hydroxylation sites is 1. The molecule has 27 heavy (non-hydrogen) atoms. The number of methoxy groups -OCH3 is 1. The molecule has 0 unspecified atom stereocenters. The van der Waals surface area contributed by atoms with Crippen molar-refractivity contribution in [3.63, 3.8) is 0 Å². The van der Waals surface area contributed by atoms with Crippen LogP contribution < -0.4 is 15.4 Å². The van der Waals surface area contributed by atoms with Crippen molar-refractivity contribution in [1.82, 2.24) is 0 Å². The number of carbonyl (C=O) groups is 2. The average molecular weight is 370 g/mol. The van der Waals surface area contributed by atoms with Crippen LogP contribution >= 0.6 is 0 Å². The molecule has 0 aliphatic rings. The first kappa shape index (κ1) is 20.3. The van der Waals surface area contributed by atoms with E-state index in [2.05, 4.69) is 10.6 Å². The molecule has 0 spiro atoms. The highest BCUT2D eigenvalue weighted by Gasteiger charge is 2.22. The molecule has 2 aromatic carbocycles. The Morgan fingerprint density at radius 3 is 2.30 bits per heavy atom. The molecule has 6 nitrogen and oxygen atoms in total. The zero-order chi connectivity index (χ0) is 19.9. The van der Waals surface area contributed by atoms with Gasteiger partial charge >= 0.3 is 6.09 Å². The number of carbonyl (C=O) groups excluding carboxylic acids is 2. The number of ether oxygens (including phenoxy) is 2. The third kappa shape index (κ3) is 6.02. The van der Waals surface area contributed by atoms with Crippen molar-refractivity contribution in [2.75, 3.05) is 24.4 Å². The molecule has 0 aromatic heterocycles. The van der Waals surface area contributed by atoms with Crippen molar-refractivity contribution >= 4 is 23.4 Å². The smallest absolute Gasteiger partial charge is 0.411 e. The molecule has 0 saturated heterocycles. The van der Waals surface area contributed by atoms with Gasteiger partial charge in [-0.1, -0.05) is 45.0 Å². The Kier molecular flexibility index (Phi) is 6.82. The molecule has 6 heteroatoms. The monoisotopic (exact) mass is 370 g/mol. The van der Waals surface area contributed by atoms with E-state index in [0.29, 0.717) is 23.5 Å². The summed E-state index contributed by atoms with van der Waals surface area (Å²) < 4.78 is 10.7. The van der Waals surface area contributed by atoms with Crippen LogP contribution in [0.2, 0.25) is 0 Å². The molecule has 2 aromatic rings. The number of anilines is 2. The lowest BCUT2D eigenvalue weighted by Gasteiger charge is -2.20. The van der Waals surface area contributed by atoms with Crippen LogP contribution in [-0.4, -0.2) is 25.7 Å². The third-order valence-corrected chi connectivity index (χ3v) is 3.89. The molecule has 0 radical (unpaired) electrons. The van der Waals surface area contributed by atoms with Crippen LogP contribution in [0, 0.1) is 5.41 Å². The van der Waals surface area contributed by atoms with E-state index in [0.717, 1.165) is 5.56 Å². The van der Waals surface area contributed by atoms with Gasteiger partial charge in [-0.05, 0) is 24.3 Å². The average Bonchev–Trinajstić information content (AvgIpc) is 2.62. The molecule has 0 atom stereocenters.